The predicted octanol–water partition coefficient (Wildman–Crippen LogP) is 3.57. The Balaban J connectivity index is 1.81. The highest BCUT2D eigenvalue weighted by Gasteiger charge is 2.41. The van der Waals surface area contributed by atoms with E-state index in [0.29, 0.717) is 19.4 Å². The zero-order valence-corrected chi connectivity index (χ0v) is 17.3. The van der Waals surface area contributed by atoms with Crippen molar-refractivity contribution in [3.8, 4) is 11.8 Å². The first-order valence-corrected chi connectivity index (χ1v) is 10.2. The van der Waals surface area contributed by atoms with Gasteiger partial charge in [0.25, 0.3) is 0 Å². The molecule has 1 heterocycles. The van der Waals surface area contributed by atoms with Crippen molar-refractivity contribution >= 4 is 17.5 Å². The topological polar surface area (TPSA) is 54.5 Å². The Hall–Kier alpha value is -2.41. The zero-order valence-electron chi connectivity index (χ0n) is 17.3. The van der Waals surface area contributed by atoms with Crippen LogP contribution in [0, 0.1) is 37.5 Å². The molecular weight excluding hydrogens is 350 g/mol. The number of benzene rings is 1. The lowest BCUT2D eigenvalue weighted by molar-refractivity contribution is -0.135. The van der Waals surface area contributed by atoms with Crippen LogP contribution < -0.4 is 0 Å². The molecule has 0 bridgehead atoms. The minimum atomic E-state index is -0.646. The number of likely N-dealkylation sites (tertiary alicyclic amines) is 1. The molecular formula is C24H29NO3. The summed E-state index contributed by atoms with van der Waals surface area (Å²) in [5.41, 5.74) is 3.71. The summed E-state index contributed by atoms with van der Waals surface area (Å²) in [4.78, 5) is 39.7. The number of Topliss-reactive ketones (excluding diaryl/α,β-unsaturated/α-hetero) is 2. The number of amides is 1. The quantitative estimate of drug-likeness (QED) is 0.583. The average Bonchev–Trinajstić information content (AvgIpc) is 2.63. The van der Waals surface area contributed by atoms with Gasteiger partial charge in [0, 0.05) is 38.4 Å². The molecule has 4 nitrogen and oxygen atoms in total. The van der Waals surface area contributed by atoms with E-state index < -0.39 is 5.92 Å². The first-order valence-electron chi connectivity index (χ1n) is 10.2. The summed E-state index contributed by atoms with van der Waals surface area (Å²) < 4.78 is 0. The first kappa shape index (κ1) is 20.3. The fourth-order valence-electron chi connectivity index (χ4n) is 4.99. The lowest BCUT2D eigenvalue weighted by Crippen LogP contribution is -2.44. The van der Waals surface area contributed by atoms with Gasteiger partial charge in [0.05, 0.1) is 0 Å². The largest absolute Gasteiger partial charge is 0.343 e. The van der Waals surface area contributed by atoms with Crippen molar-refractivity contribution in [2.75, 3.05) is 13.1 Å². The van der Waals surface area contributed by atoms with Crippen molar-refractivity contribution in [1.82, 2.24) is 4.90 Å². The third-order valence-corrected chi connectivity index (χ3v) is 6.29. The van der Waals surface area contributed by atoms with Crippen molar-refractivity contribution in [3.63, 3.8) is 0 Å². The third kappa shape index (κ3) is 4.04. The van der Waals surface area contributed by atoms with Crippen LogP contribution in [0.3, 0.4) is 0 Å². The Bertz CT molecular complexity index is 833. The van der Waals surface area contributed by atoms with Gasteiger partial charge in [0.1, 0.15) is 17.5 Å². The van der Waals surface area contributed by atoms with Gasteiger partial charge in [-0.25, -0.2) is 0 Å². The standard InChI is InChI=1S/C24H29NO3/c1-5-7-18-10-15(2)23(16(3)11-18)24-21(27)12-20(13-22(24)28)19-8-6-9-25(14-19)17(4)26/h10-11,19-20,24H,6,8-9,12-14H2,1-4H3. The first-order chi connectivity index (χ1) is 13.3. The Morgan fingerprint density at radius 1 is 1.07 bits per heavy atom. The highest BCUT2D eigenvalue weighted by Crippen LogP contribution is 2.39. The third-order valence-electron chi connectivity index (χ3n) is 6.29. The highest BCUT2D eigenvalue weighted by atomic mass is 16.2. The summed E-state index contributed by atoms with van der Waals surface area (Å²) in [6.07, 6.45) is 2.80. The second-order valence-corrected chi connectivity index (χ2v) is 8.30. The molecule has 28 heavy (non-hydrogen) atoms. The minimum absolute atomic E-state index is 0.0294. The summed E-state index contributed by atoms with van der Waals surface area (Å²) in [5.74, 6) is 5.75. The van der Waals surface area contributed by atoms with Gasteiger partial charge in [-0.15, -0.1) is 5.92 Å². The molecule has 2 aliphatic rings. The van der Waals surface area contributed by atoms with E-state index in [-0.39, 0.29) is 29.3 Å². The number of rotatable bonds is 2. The van der Waals surface area contributed by atoms with Gasteiger partial charge >= 0.3 is 0 Å². The molecule has 3 rings (SSSR count). The van der Waals surface area contributed by atoms with Crippen LogP contribution in [0.4, 0.5) is 0 Å². The maximum absolute atomic E-state index is 13.1. The molecule has 1 aliphatic carbocycles. The van der Waals surface area contributed by atoms with Crippen LogP contribution in [0.25, 0.3) is 0 Å². The number of carbonyl (C=O) groups excluding carboxylic acids is 3. The van der Waals surface area contributed by atoms with E-state index in [1.54, 1.807) is 13.8 Å². The molecule has 1 aromatic carbocycles. The van der Waals surface area contributed by atoms with Crippen molar-refractivity contribution in [1.29, 1.82) is 0 Å². The van der Waals surface area contributed by atoms with Gasteiger partial charge in [0.15, 0.2) is 0 Å². The molecule has 1 aromatic rings. The number of carbonyl (C=O) groups is 3. The Labute approximate surface area is 167 Å². The molecule has 1 unspecified atom stereocenters. The molecule has 4 heteroatoms. The van der Waals surface area contributed by atoms with E-state index in [1.165, 1.54) is 0 Å². The molecule has 1 atom stereocenters. The number of nitrogens with zero attached hydrogens (tertiary/aromatic N) is 1. The summed E-state index contributed by atoms with van der Waals surface area (Å²) in [7, 11) is 0. The van der Waals surface area contributed by atoms with E-state index in [4.69, 9.17) is 0 Å². The smallest absolute Gasteiger partial charge is 0.219 e. The molecule has 0 aromatic heterocycles. The molecule has 148 valence electrons. The fourth-order valence-corrected chi connectivity index (χ4v) is 4.99. The highest BCUT2D eigenvalue weighted by molar-refractivity contribution is 6.10. The normalized spacial score (nSPS) is 25.3. The number of hydrogen-bond acceptors (Lipinski definition) is 3. The maximum Gasteiger partial charge on any atom is 0.219 e. The van der Waals surface area contributed by atoms with Gasteiger partial charge in [-0.3, -0.25) is 14.4 Å². The number of ketones is 2. The minimum Gasteiger partial charge on any atom is -0.343 e. The van der Waals surface area contributed by atoms with Crippen molar-refractivity contribution < 1.29 is 14.4 Å². The number of aryl methyl sites for hydroxylation is 2. The Morgan fingerprint density at radius 3 is 2.21 bits per heavy atom. The summed E-state index contributed by atoms with van der Waals surface area (Å²) >= 11 is 0. The second-order valence-electron chi connectivity index (χ2n) is 8.30. The Morgan fingerprint density at radius 2 is 1.68 bits per heavy atom. The number of piperidine rings is 1. The second kappa shape index (κ2) is 8.31. The summed E-state index contributed by atoms with van der Waals surface area (Å²) in [6.45, 7) is 8.77. The molecule has 1 saturated carbocycles. The zero-order chi connectivity index (χ0) is 20.4. The Kier molecular flexibility index (Phi) is 6.03. The van der Waals surface area contributed by atoms with Crippen LogP contribution in [0.15, 0.2) is 12.1 Å². The monoisotopic (exact) mass is 379 g/mol. The van der Waals surface area contributed by atoms with Gasteiger partial charge < -0.3 is 4.90 Å². The lowest BCUT2D eigenvalue weighted by atomic mass is 9.69. The molecule has 1 saturated heterocycles. The maximum atomic E-state index is 13.1. The molecule has 1 amide bonds. The van der Waals surface area contributed by atoms with Crippen molar-refractivity contribution in [3.05, 3.63) is 34.4 Å². The van der Waals surface area contributed by atoms with Crippen molar-refractivity contribution in [2.24, 2.45) is 11.8 Å². The van der Waals surface area contributed by atoms with Gasteiger partial charge in [-0.1, -0.05) is 5.92 Å². The SMILES string of the molecule is CC#Cc1cc(C)c(C2C(=O)CC(C3CCCN(C(C)=O)C3)CC2=O)c(C)c1. The van der Waals surface area contributed by atoms with Crippen LogP contribution in [0.2, 0.25) is 0 Å². The molecule has 2 fully saturated rings. The van der Waals surface area contributed by atoms with E-state index >= 15 is 0 Å². The molecule has 1 aliphatic heterocycles. The molecule has 0 radical (unpaired) electrons. The van der Waals surface area contributed by atoms with Gasteiger partial charge in [0.2, 0.25) is 5.91 Å². The molecule has 0 N–H and O–H groups in total. The van der Waals surface area contributed by atoms with E-state index in [2.05, 4.69) is 11.8 Å². The van der Waals surface area contributed by atoms with Crippen LogP contribution >= 0.6 is 0 Å². The van der Waals surface area contributed by atoms with Crippen LogP contribution in [0.5, 0.6) is 0 Å². The van der Waals surface area contributed by atoms with E-state index in [0.717, 1.165) is 41.6 Å². The predicted molar refractivity (Wildman–Crippen MR) is 109 cm³/mol. The van der Waals surface area contributed by atoms with Crippen molar-refractivity contribution in [2.45, 2.75) is 59.3 Å². The van der Waals surface area contributed by atoms with Crippen LogP contribution in [-0.2, 0) is 14.4 Å². The lowest BCUT2D eigenvalue weighted by Gasteiger charge is -2.39. The number of hydrogen-bond donors (Lipinski definition) is 0. The van der Waals surface area contributed by atoms with Gasteiger partial charge in [-0.2, -0.15) is 0 Å². The fraction of sp³-hybridized carbons (Fsp3) is 0.542. The average molecular weight is 380 g/mol. The van der Waals surface area contributed by atoms with E-state index in [9.17, 15) is 14.4 Å². The summed E-state index contributed by atoms with van der Waals surface area (Å²) in [5, 5.41) is 0. The summed E-state index contributed by atoms with van der Waals surface area (Å²) in [6, 6.07) is 3.94. The van der Waals surface area contributed by atoms with Crippen LogP contribution in [0.1, 0.15) is 67.7 Å². The van der Waals surface area contributed by atoms with Gasteiger partial charge in [-0.05, 0) is 74.3 Å². The van der Waals surface area contributed by atoms with E-state index in [1.807, 2.05) is 30.9 Å². The molecule has 0 spiro atoms. The van der Waals surface area contributed by atoms with Crippen LogP contribution in [-0.4, -0.2) is 35.5 Å².